The number of aromatic nitrogens is 2. The molecular weight excluding hydrogens is 484 g/mol. The first-order valence-corrected chi connectivity index (χ1v) is 14.5. The van der Waals surface area contributed by atoms with Crippen molar-refractivity contribution >= 4 is 36.5 Å². The highest BCUT2D eigenvalue weighted by Gasteiger charge is 2.27. The molecule has 2 aromatic heterocycles. The average molecular weight is 509 g/mol. The van der Waals surface area contributed by atoms with Gasteiger partial charge in [0.1, 0.15) is 0 Å². The molecule has 1 unspecified atom stereocenters. The van der Waals surface area contributed by atoms with Crippen LogP contribution in [0, 0.1) is 0 Å². The molecule has 1 atom stereocenters. The van der Waals surface area contributed by atoms with Crippen molar-refractivity contribution in [3.8, 4) is 0 Å². The molecule has 0 spiro atoms. The molecule has 2 aromatic carbocycles. The fraction of sp³-hybridized carbons (Fsp3) is 0.192. The lowest BCUT2D eigenvalue weighted by Crippen LogP contribution is -2.17. The van der Waals surface area contributed by atoms with E-state index in [-0.39, 0.29) is 15.9 Å². The maximum Gasteiger partial charge on any atom is 0.269 e. The third kappa shape index (κ3) is 4.54. The Morgan fingerprint density at radius 3 is 2.37 bits per heavy atom. The lowest BCUT2D eigenvalue weighted by molar-refractivity contribution is 0.146. The number of nitrogens with zero attached hydrogens (tertiary/aromatic N) is 2. The normalized spacial score (nSPS) is 17.2. The lowest BCUT2D eigenvalue weighted by atomic mass is 10.00. The molecule has 35 heavy (non-hydrogen) atoms. The number of rotatable bonds is 6. The maximum absolute atomic E-state index is 13.9. The van der Waals surface area contributed by atoms with Gasteiger partial charge < -0.3 is 4.74 Å². The first kappa shape index (κ1) is 23.5. The molecular formula is C26H24N2O5S2. The van der Waals surface area contributed by atoms with Crippen molar-refractivity contribution in [1.82, 2.24) is 8.96 Å². The second kappa shape index (κ2) is 9.07. The van der Waals surface area contributed by atoms with Crippen LogP contribution in [-0.2, 0) is 24.6 Å². The van der Waals surface area contributed by atoms with Gasteiger partial charge in [0.15, 0.2) is 15.5 Å². The second-order valence-corrected chi connectivity index (χ2v) is 12.3. The topological polar surface area (TPSA) is 95.3 Å². The van der Waals surface area contributed by atoms with E-state index in [0.29, 0.717) is 34.5 Å². The number of benzene rings is 2. The second-order valence-electron chi connectivity index (χ2n) is 8.46. The summed E-state index contributed by atoms with van der Waals surface area (Å²) >= 11 is 0. The molecule has 0 bridgehead atoms. The molecule has 1 aliphatic heterocycles. The molecule has 1 aliphatic rings. The van der Waals surface area contributed by atoms with Gasteiger partial charge in [0.05, 0.1) is 21.6 Å². The van der Waals surface area contributed by atoms with Crippen LogP contribution in [0.5, 0.6) is 0 Å². The Balaban J connectivity index is 1.77. The summed E-state index contributed by atoms with van der Waals surface area (Å²) < 4.78 is 58.8. The van der Waals surface area contributed by atoms with Gasteiger partial charge in [0, 0.05) is 30.0 Å². The van der Waals surface area contributed by atoms with Gasteiger partial charge in [-0.05, 0) is 66.9 Å². The standard InChI is InChI=1S/C26H24N2O5S2/c1-34(29,30)22-13-11-19(12-14-22)24(18-21-8-6-16-33-21)25-17-20-7-5-15-27-26(20)28(25)35(31,32)23-9-3-2-4-10-23/h2-5,7,9-15,17-18,21H,6,8,16H2,1H3. The summed E-state index contributed by atoms with van der Waals surface area (Å²) in [5.41, 5.74) is 2.07. The molecule has 7 nitrogen and oxygen atoms in total. The number of pyridine rings is 1. The molecule has 0 saturated carbocycles. The van der Waals surface area contributed by atoms with E-state index in [2.05, 4.69) is 4.98 Å². The summed E-state index contributed by atoms with van der Waals surface area (Å²) in [6, 6.07) is 20.1. The lowest BCUT2D eigenvalue weighted by Gasteiger charge is -2.16. The molecule has 180 valence electrons. The van der Waals surface area contributed by atoms with Gasteiger partial charge in [-0.3, -0.25) is 0 Å². The van der Waals surface area contributed by atoms with Crippen LogP contribution in [0.3, 0.4) is 0 Å². The van der Waals surface area contributed by atoms with E-state index >= 15 is 0 Å². The molecule has 4 aromatic rings. The SMILES string of the molecule is CS(=O)(=O)c1ccc(C(=CC2CCCO2)c2cc3cccnc3n2S(=O)(=O)c2ccccc2)cc1. The molecule has 5 rings (SSSR count). The highest BCUT2D eigenvalue weighted by atomic mass is 32.2. The zero-order valence-corrected chi connectivity index (χ0v) is 20.7. The fourth-order valence-corrected chi connectivity index (χ4v) is 6.40. The van der Waals surface area contributed by atoms with E-state index in [1.54, 1.807) is 60.8 Å². The fourth-order valence-electron chi connectivity index (χ4n) is 4.27. The van der Waals surface area contributed by atoms with E-state index in [1.807, 2.05) is 12.1 Å². The van der Waals surface area contributed by atoms with E-state index in [1.165, 1.54) is 16.1 Å². The van der Waals surface area contributed by atoms with Crippen LogP contribution >= 0.6 is 0 Å². The van der Waals surface area contributed by atoms with Crippen LogP contribution in [-0.4, -0.2) is 44.8 Å². The summed E-state index contributed by atoms with van der Waals surface area (Å²) in [5, 5.41) is 0.674. The smallest absolute Gasteiger partial charge is 0.269 e. The molecule has 0 radical (unpaired) electrons. The number of hydrogen-bond donors (Lipinski definition) is 0. The Kier molecular flexibility index (Phi) is 6.08. The van der Waals surface area contributed by atoms with Crippen LogP contribution in [0.15, 0.2) is 94.9 Å². The van der Waals surface area contributed by atoms with Crippen molar-refractivity contribution in [3.63, 3.8) is 0 Å². The molecule has 0 amide bonds. The molecule has 0 aliphatic carbocycles. The van der Waals surface area contributed by atoms with Crippen LogP contribution in [0.4, 0.5) is 0 Å². The van der Waals surface area contributed by atoms with Gasteiger partial charge in [0.2, 0.25) is 0 Å². The van der Waals surface area contributed by atoms with Crippen molar-refractivity contribution < 1.29 is 21.6 Å². The minimum absolute atomic E-state index is 0.147. The largest absolute Gasteiger partial charge is 0.374 e. The van der Waals surface area contributed by atoms with Crippen LogP contribution in [0.1, 0.15) is 24.1 Å². The average Bonchev–Trinajstić information content (AvgIpc) is 3.50. The monoisotopic (exact) mass is 508 g/mol. The summed E-state index contributed by atoms with van der Waals surface area (Å²) in [6.45, 7) is 0.633. The van der Waals surface area contributed by atoms with E-state index in [4.69, 9.17) is 4.74 Å². The van der Waals surface area contributed by atoms with E-state index < -0.39 is 19.9 Å². The summed E-state index contributed by atoms with van der Waals surface area (Å²) in [5.74, 6) is 0. The Hall–Kier alpha value is -3.27. The molecule has 1 saturated heterocycles. The third-order valence-corrected chi connectivity index (χ3v) is 8.84. The van der Waals surface area contributed by atoms with Crippen molar-refractivity contribution in [2.45, 2.75) is 28.7 Å². The van der Waals surface area contributed by atoms with Crippen molar-refractivity contribution in [2.75, 3.05) is 12.9 Å². The highest BCUT2D eigenvalue weighted by Crippen LogP contribution is 2.34. The Labute approximate surface area is 204 Å². The number of ether oxygens (including phenoxy) is 1. The Morgan fingerprint density at radius 2 is 1.71 bits per heavy atom. The maximum atomic E-state index is 13.9. The van der Waals surface area contributed by atoms with E-state index in [0.717, 1.165) is 19.1 Å². The van der Waals surface area contributed by atoms with Crippen molar-refractivity contribution in [3.05, 3.63) is 96.3 Å². The summed E-state index contributed by atoms with van der Waals surface area (Å²) in [6.07, 6.45) is 6.18. The minimum Gasteiger partial charge on any atom is -0.374 e. The van der Waals surface area contributed by atoms with Gasteiger partial charge >= 0.3 is 0 Å². The number of fused-ring (bicyclic) bond motifs is 1. The molecule has 3 heterocycles. The van der Waals surface area contributed by atoms with Crippen molar-refractivity contribution in [2.24, 2.45) is 0 Å². The van der Waals surface area contributed by atoms with Gasteiger partial charge in [-0.25, -0.2) is 25.8 Å². The Morgan fingerprint density at radius 1 is 0.971 bits per heavy atom. The zero-order chi connectivity index (χ0) is 24.6. The number of sulfone groups is 1. The predicted molar refractivity (Wildman–Crippen MR) is 134 cm³/mol. The first-order valence-electron chi connectivity index (χ1n) is 11.2. The molecule has 9 heteroatoms. The number of hydrogen-bond acceptors (Lipinski definition) is 6. The summed E-state index contributed by atoms with van der Waals surface area (Å²) in [7, 11) is -7.37. The van der Waals surface area contributed by atoms with Gasteiger partial charge in [-0.15, -0.1) is 0 Å². The first-order chi connectivity index (χ1) is 16.7. The molecule has 1 fully saturated rings. The zero-order valence-electron chi connectivity index (χ0n) is 19.0. The van der Waals surface area contributed by atoms with Crippen LogP contribution in [0.2, 0.25) is 0 Å². The molecule has 0 N–H and O–H groups in total. The van der Waals surface area contributed by atoms with Crippen LogP contribution in [0.25, 0.3) is 16.6 Å². The van der Waals surface area contributed by atoms with Gasteiger partial charge in [-0.1, -0.05) is 30.3 Å². The summed E-state index contributed by atoms with van der Waals surface area (Å²) in [4.78, 5) is 4.73. The Bertz CT molecular complexity index is 1620. The highest BCUT2D eigenvalue weighted by molar-refractivity contribution is 7.90. The minimum atomic E-state index is -3.99. The van der Waals surface area contributed by atoms with Gasteiger partial charge in [0.25, 0.3) is 10.0 Å². The third-order valence-electron chi connectivity index (χ3n) is 5.99. The quantitative estimate of drug-likeness (QED) is 0.386. The van der Waals surface area contributed by atoms with Crippen LogP contribution < -0.4 is 0 Å². The van der Waals surface area contributed by atoms with E-state index in [9.17, 15) is 16.8 Å². The van der Waals surface area contributed by atoms with Gasteiger partial charge in [-0.2, -0.15) is 0 Å². The van der Waals surface area contributed by atoms with Crippen molar-refractivity contribution in [1.29, 1.82) is 0 Å². The predicted octanol–water partition coefficient (Wildman–Crippen LogP) is 4.29.